The minimum absolute atomic E-state index is 0. The lowest BCUT2D eigenvalue weighted by Crippen LogP contribution is -2.55. The number of halogens is 1. The van der Waals surface area contributed by atoms with E-state index in [2.05, 4.69) is 5.32 Å². The number of carbonyl (C=O) groups excluding carboxylic acids is 2. The Kier molecular flexibility index (Phi) is 6.27. The summed E-state index contributed by atoms with van der Waals surface area (Å²) >= 11 is 0. The van der Waals surface area contributed by atoms with E-state index in [1.54, 1.807) is 0 Å². The summed E-state index contributed by atoms with van der Waals surface area (Å²) < 4.78 is 0. The lowest BCUT2D eigenvalue weighted by molar-refractivity contribution is -0.134. The maximum absolute atomic E-state index is 12.5. The Morgan fingerprint density at radius 1 is 1.14 bits per heavy atom. The van der Waals surface area contributed by atoms with Crippen molar-refractivity contribution in [3.05, 3.63) is 0 Å². The van der Waals surface area contributed by atoms with Crippen molar-refractivity contribution in [3.8, 4) is 0 Å². The maximum Gasteiger partial charge on any atom is 0.240 e. The van der Waals surface area contributed by atoms with Gasteiger partial charge < -0.3 is 16.8 Å². The van der Waals surface area contributed by atoms with E-state index in [1.165, 1.54) is 6.42 Å². The Labute approximate surface area is 139 Å². The molecular formula is C16H30ClN3O2. The van der Waals surface area contributed by atoms with Gasteiger partial charge in [0.25, 0.3) is 0 Å². The fourth-order valence-electron chi connectivity index (χ4n) is 3.98. The molecule has 22 heavy (non-hydrogen) atoms. The summed E-state index contributed by atoms with van der Waals surface area (Å²) in [6, 6.07) is -0.377. The molecule has 2 aliphatic rings. The zero-order chi connectivity index (χ0) is 15.8. The molecule has 2 fully saturated rings. The summed E-state index contributed by atoms with van der Waals surface area (Å²) in [6.45, 7) is 5.73. The minimum atomic E-state index is -0.625. The van der Waals surface area contributed by atoms with Gasteiger partial charge in [0.05, 0.1) is 0 Å². The van der Waals surface area contributed by atoms with E-state index in [9.17, 15) is 9.59 Å². The van der Waals surface area contributed by atoms with Gasteiger partial charge in [0.2, 0.25) is 11.8 Å². The van der Waals surface area contributed by atoms with E-state index < -0.39 is 11.9 Å². The first kappa shape index (κ1) is 19.2. The molecule has 2 bridgehead atoms. The molecule has 0 heterocycles. The number of fused-ring (bicyclic) bond motifs is 2. The number of nitrogens with two attached hydrogens (primary N) is 2. The van der Waals surface area contributed by atoms with Crippen LogP contribution in [0.5, 0.6) is 0 Å². The van der Waals surface area contributed by atoms with Crippen LogP contribution >= 0.6 is 12.4 Å². The van der Waals surface area contributed by atoms with E-state index in [4.69, 9.17) is 11.5 Å². The first-order chi connectivity index (χ1) is 9.70. The van der Waals surface area contributed by atoms with Crippen molar-refractivity contribution in [1.82, 2.24) is 5.32 Å². The fraction of sp³-hybridized carbons (Fsp3) is 0.875. The highest BCUT2D eigenvalue weighted by Crippen LogP contribution is 2.42. The van der Waals surface area contributed by atoms with Crippen LogP contribution in [0.1, 0.15) is 52.9 Å². The van der Waals surface area contributed by atoms with Gasteiger partial charge in [-0.15, -0.1) is 12.4 Å². The first-order valence-corrected chi connectivity index (χ1v) is 8.05. The van der Waals surface area contributed by atoms with Crippen LogP contribution in [0.4, 0.5) is 0 Å². The highest BCUT2D eigenvalue weighted by atomic mass is 35.5. The molecule has 2 rings (SSSR count). The summed E-state index contributed by atoms with van der Waals surface area (Å²) in [6.07, 6.45) is 5.17. The number of hydrogen-bond acceptors (Lipinski definition) is 3. The molecule has 0 aromatic rings. The molecule has 2 amide bonds. The van der Waals surface area contributed by atoms with Gasteiger partial charge in [-0.1, -0.05) is 27.2 Å². The minimum Gasteiger partial charge on any atom is -0.368 e. The topological polar surface area (TPSA) is 98.2 Å². The number of nitrogens with one attached hydrogen (secondary N) is 1. The highest BCUT2D eigenvalue weighted by Gasteiger charge is 2.42. The third-order valence-corrected chi connectivity index (χ3v) is 5.22. The van der Waals surface area contributed by atoms with Crippen LogP contribution in [-0.4, -0.2) is 23.9 Å². The summed E-state index contributed by atoms with van der Waals surface area (Å²) in [5.74, 6) is 0.384. The molecule has 0 aliphatic heterocycles. The van der Waals surface area contributed by atoms with E-state index in [0.717, 1.165) is 25.7 Å². The van der Waals surface area contributed by atoms with E-state index in [-0.39, 0.29) is 35.7 Å². The van der Waals surface area contributed by atoms with Crippen molar-refractivity contribution in [2.45, 2.75) is 65.0 Å². The van der Waals surface area contributed by atoms with Crippen molar-refractivity contribution in [2.75, 3.05) is 0 Å². The molecule has 128 valence electrons. The number of amides is 2. The third kappa shape index (κ3) is 4.13. The molecule has 0 spiro atoms. The molecule has 0 radical (unpaired) electrons. The Hall–Kier alpha value is -0.810. The predicted octanol–water partition coefficient (Wildman–Crippen LogP) is 1.58. The zero-order valence-electron chi connectivity index (χ0n) is 13.8. The standard InChI is InChI=1S/C16H29N3O2.ClH/c1-16(2,3)13(14(18)20)19-15(21)11-7-9-5-4-6-10(8-11)12(9)17;/h9-13H,4-8,17H2,1-3H3,(H2,18,20)(H,19,21);1H/t9?,10?,11?,12?,13-;/m1./s1. The van der Waals surface area contributed by atoms with Gasteiger partial charge in [-0.3, -0.25) is 9.59 Å². The molecule has 5 nitrogen and oxygen atoms in total. The Morgan fingerprint density at radius 3 is 2.05 bits per heavy atom. The van der Waals surface area contributed by atoms with E-state index in [0.29, 0.717) is 11.8 Å². The van der Waals surface area contributed by atoms with Gasteiger partial charge in [0, 0.05) is 12.0 Å². The Morgan fingerprint density at radius 2 is 1.64 bits per heavy atom. The number of hydrogen-bond donors (Lipinski definition) is 3. The van der Waals surface area contributed by atoms with Crippen LogP contribution in [-0.2, 0) is 9.59 Å². The third-order valence-electron chi connectivity index (χ3n) is 5.22. The van der Waals surface area contributed by atoms with Gasteiger partial charge in [-0.2, -0.15) is 0 Å². The molecule has 2 unspecified atom stereocenters. The van der Waals surface area contributed by atoms with Crippen molar-refractivity contribution in [3.63, 3.8) is 0 Å². The van der Waals surface area contributed by atoms with E-state index in [1.807, 2.05) is 20.8 Å². The van der Waals surface area contributed by atoms with Gasteiger partial charge in [-0.25, -0.2) is 0 Å². The van der Waals surface area contributed by atoms with Crippen molar-refractivity contribution >= 4 is 24.2 Å². The van der Waals surface area contributed by atoms with Crippen molar-refractivity contribution in [2.24, 2.45) is 34.6 Å². The van der Waals surface area contributed by atoms with E-state index >= 15 is 0 Å². The monoisotopic (exact) mass is 331 g/mol. The second kappa shape index (κ2) is 7.18. The molecule has 2 saturated carbocycles. The van der Waals surface area contributed by atoms with Crippen LogP contribution in [0.25, 0.3) is 0 Å². The van der Waals surface area contributed by atoms with Crippen molar-refractivity contribution in [1.29, 1.82) is 0 Å². The van der Waals surface area contributed by atoms with Crippen LogP contribution < -0.4 is 16.8 Å². The molecular weight excluding hydrogens is 302 g/mol. The first-order valence-electron chi connectivity index (χ1n) is 8.05. The second-order valence-corrected chi connectivity index (χ2v) is 7.91. The van der Waals surface area contributed by atoms with Crippen molar-refractivity contribution < 1.29 is 9.59 Å². The molecule has 6 heteroatoms. The Bertz CT molecular complexity index is 408. The van der Waals surface area contributed by atoms with Crippen LogP contribution in [0, 0.1) is 23.2 Å². The molecule has 0 saturated heterocycles. The molecule has 2 aliphatic carbocycles. The lowest BCUT2D eigenvalue weighted by Gasteiger charge is -2.44. The highest BCUT2D eigenvalue weighted by molar-refractivity contribution is 5.88. The van der Waals surface area contributed by atoms with Crippen LogP contribution in [0.15, 0.2) is 0 Å². The zero-order valence-corrected chi connectivity index (χ0v) is 14.6. The average Bonchev–Trinajstić information content (AvgIpc) is 2.33. The SMILES string of the molecule is CC(C)(C)[C@H](NC(=O)C1CC2CCCC(C1)C2N)C(N)=O.Cl. The largest absolute Gasteiger partial charge is 0.368 e. The normalized spacial score (nSPS) is 32.5. The molecule has 3 atom stereocenters. The smallest absolute Gasteiger partial charge is 0.240 e. The summed E-state index contributed by atoms with van der Waals surface area (Å²) in [4.78, 5) is 24.1. The average molecular weight is 332 g/mol. The number of carbonyl (C=O) groups is 2. The van der Waals surface area contributed by atoms with Gasteiger partial charge in [0.1, 0.15) is 6.04 Å². The summed E-state index contributed by atoms with van der Waals surface area (Å²) in [5, 5.41) is 2.88. The van der Waals surface area contributed by atoms with Crippen LogP contribution in [0.2, 0.25) is 0 Å². The quantitative estimate of drug-likeness (QED) is 0.732. The second-order valence-electron chi connectivity index (χ2n) is 7.91. The van der Waals surface area contributed by atoms with Gasteiger partial charge in [-0.05, 0) is 42.9 Å². The summed E-state index contributed by atoms with van der Waals surface area (Å²) in [7, 11) is 0. The molecule has 0 aromatic carbocycles. The number of rotatable bonds is 3. The Balaban J connectivity index is 0.00000242. The fourth-order valence-corrected chi connectivity index (χ4v) is 3.98. The predicted molar refractivity (Wildman–Crippen MR) is 89.4 cm³/mol. The maximum atomic E-state index is 12.5. The number of primary amides is 1. The molecule has 0 aromatic heterocycles. The molecule has 5 N–H and O–H groups in total. The van der Waals surface area contributed by atoms with Crippen LogP contribution in [0.3, 0.4) is 0 Å². The van der Waals surface area contributed by atoms with Gasteiger partial charge >= 0.3 is 0 Å². The van der Waals surface area contributed by atoms with Gasteiger partial charge in [0.15, 0.2) is 0 Å². The summed E-state index contributed by atoms with van der Waals surface area (Å²) in [5.41, 5.74) is 11.3. The lowest BCUT2D eigenvalue weighted by atomic mass is 9.65.